The molecule has 11 heteroatoms. The number of H-pyrrole nitrogens is 1. The number of nitrogens with one attached hydrogen (secondary N) is 2. The Balaban J connectivity index is 1.52. The summed E-state index contributed by atoms with van der Waals surface area (Å²) in [4.78, 5) is 8.59. The second kappa shape index (κ2) is 8.08. The van der Waals surface area contributed by atoms with Gasteiger partial charge in [0.25, 0.3) is 10.0 Å². The molecule has 32 heavy (non-hydrogen) atoms. The van der Waals surface area contributed by atoms with Crippen molar-refractivity contribution in [1.82, 2.24) is 29.9 Å². The van der Waals surface area contributed by atoms with Gasteiger partial charge in [0, 0.05) is 17.4 Å². The predicted molar refractivity (Wildman–Crippen MR) is 119 cm³/mol. The lowest BCUT2D eigenvalue weighted by Gasteiger charge is -2.10. The monoisotopic (exact) mass is 453 g/mol. The first-order valence-corrected chi connectivity index (χ1v) is 11.3. The highest BCUT2D eigenvalue weighted by molar-refractivity contribution is 7.92. The van der Waals surface area contributed by atoms with Gasteiger partial charge in [-0.3, -0.25) is 9.82 Å². The van der Waals surface area contributed by atoms with Crippen LogP contribution < -0.4 is 9.46 Å². The molecule has 0 amide bonds. The predicted octanol–water partition coefficient (Wildman–Crippen LogP) is 3.52. The number of benzene rings is 1. The summed E-state index contributed by atoms with van der Waals surface area (Å²) >= 11 is 0. The fourth-order valence-electron chi connectivity index (χ4n) is 3.30. The summed E-state index contributed by atoms with van der Waals surface area (Å²) < 4.78 is 35.5. The zero-order chi connectivity index (χ0) is 23.0. The minimum absolute atomic E-state index is 0.144. The molecule has 0 atom stereocenters. The minimum atomic E-state index is -3.76. The van der Waals surface area contributed by atoms with Crippen LogP contribution in [0.1, 0.15) is 28.3 Å². The summed E-state index contributed by atoms with van der Waals surface area (Å²) in [7, 11) is -3.76. The van der Waals surface area contributed by atoms with Crippen LogP contribution in [-0.4, -0.2) is 38.4 Å². The smallest absolute Gasteiger partial charge is 0.265 e. The second-order valence-electron chi connectivity index (χ2n) is 7.42. The van der Waals surface area contributed by atoms with Crippen molar-refractivity contribution in [3.63, 3.8) is 0 Å². The summed E-state index contributed by atoms with van der Waals surface area (Å²) in [6.07, 6.45) is 1.41. The minimum Gasteiger partial charge on any atom is -0.439 e. The van der Waals surface area contributed by atoms with Crippen molar-refractivity contribution in [1.29, 1.82) is 0 Å². The molecule has 3 heterocycles. The number of anilines is 1. The SMILES string of the molecule is Cc1nn(-c2cc(Oc3ccc(NS(=O)(=O)c4c(C)n[nH]c4C)cc3)ncn2)c(C)c1C. The molecular formula is C21H23N7O3S. The van der Waals surface area contributed by atoms with Crippen LogP contribution in [0.3, 0.4) is 0 Å². The van der Waals surface area contributed by atoms with Crippen molar-refractivity contribution in [2.75, 3.05) is 4.72 Å². The Bertz CT molecular complexity index is 1370. The maximum atomic E-state index is 12.7. The number of hydrogen-bond donors (Lipinski definition) is 2. The molecule has 10 nitrogen and oxygen atoms in total. The van der Waals surface area contributed by atoms with E-state index in [9.17, 15) is 8.42 Å². The van der Waals surface area contributed by atoms with Crippen LogP contribution in [0.4, 0.5) is 5.69 Å². The molecule has 0 saturated heterocycles. The number of nitrogens with zero attached hydrogens (tertiary/aromatic N) is 5. The molecule has 4 aromatic rings. The third-order valence-corrected chi connectivity index (χ3v) is 6.80. The Hall–Kier alpha value is -3.73. The molecular weight excluding hydrogens is 430 g/mol. The Morgan fingerprint density at radius 2 is 1.72 bits per heavy atom. The standard InChI is InChI=1S/C21H23N7O3S/c1-12-13(2)26-28(16(12)5)19-10-20(23-11-22-19)31-18-8-6-17(7-9-18)27-32(29,30)21-14(3)24-25-15(21)4/h6-11,27H,1-5H3,(H,24,25). The number of aromatic nitrogens is 6. The average molecular weight is 454 g/mol. The molecule has 0 fully saturated rings. The maximum Gasteiger partial charge on any atom is 0.265 e. The third-order valence-electron chi connectivity index (χ3n) is 5.16. The van der Waals surface area contributed by atoms with Crippen LogP contribution in [-0.2, 0) is 10.0 Å². The highest BCUT2D eigenvalue weighted by Crippen LogP contribution is 2.25. The number of ether oxygens (including phenoxy) is 1. The fraction of sp³-hybridized carbons (Fsp3) is 0.238. The summed E-state index contributed by atoms with van der Waals surface area (Å²) in [5.41, 5.74) is 4.32. The number of aromatic amines is 1. The van der Waals surface area contributed by atoms with E-state index >= 15 is 0 Å². The first-order valence-electron chi connectivity index (χ1n) is 9.83. The highest BCUT2D eigenvalue weighted by atomic mass is 32.2. The van der Waals surface area contributed by atoms with Gasteiger partial charge in [0.15, 0.2) is 5.82 Å². The van der Waals surface area contributed by atoms with Gasteiger partial charge in [-0.05, 0) is 64.4 Å². The normalized spacial score (nSPS) is 11.5. The molecule has 0 aliphatic heterocycles. The topological polar surface area (TPSA) is 128 Å². The zero-order valence-electron chi connectivity index (χ0n) is 18.3. The summed E-state index contributed by atoms with van der Waals surface area (Å²) in [5.74, 6) is 1.44. The van der Waals surface area contributed by atoms with E-state index in [1.54, 1.807) is 48.9 Å². The van der Waals surface area contributed by atoms with Crippen LogP contribution >= 0.6 is 0 Å². The Labute approximate surface area is 185 Å². The van der Waals surface area contributed by atoms with E-state index < -0.39 is 10.0 Å². The van der Waals surface area contributed by atoms with Gasteiger partial charge >= 0.3 is 0 Å². The molecule has 0 aliphatic carbocycles. The van der Waals surface area contributed by atoms with Gasteiger partial charge in [0.2, 0.25) is 5.88 Å². The van der Waals surface area contributed by atoms with Crippen molar-refractivity contribution in [2.45, 2.75) is 39.5 Å². The molecule has 0 bridgehead atoms. The van der Waals surface area contributed by atoms with Crippen LogP contribution in [0.15, 0.2) is 41.6 Å². The molecule has 0 saturated carbocycles. The molecule has 0 aliphatic rings. The van der Waals surface area contributed by atoms with Crippen molar-refractivity contribution < 1.29 is 13.2 Å². The highest BCUT2D eigenvalue weighted by Gasteiger charge is 2.22. The number of rotatable bonds is 6. The van der Waals surface area contributed by atoms with E-state index in [4.69, 9.17) is 4.74 Å². The first-order chi connectivity index (χ1) is 15.2. The molecule has 166 valence electrons. The maximum absolute atomic E-state index is 12.7. The lowest BCUT2D eigenvalue weighted by molar-refractivity contribution is 0.460. The van der Waals surface area contributed by atoms with E-state index in [1.165, 1.54) is 6.33 Å². The van der Waals surface area contributed by atoms with Crippen LogP contribution in [0.25, 0.3) is 5.82 Å². The van der Waals surface area contributed by atoms with Gasteiger partial charge in [0.05, 0.1) is 17.1 Å². The Morgan fingerprint density at radius 1 is 1.00 bits per heavy atom. The molecule has 4 rings (SSSR count). The molecule has 3 aromatic heterocycles. The van der Waals surface area contributed by atoms with E-state index in [-0.39, 0.29) is 4.90 Å². The van der Waals surface area contributed by atoms with Gasteiger partial charge in [-0.15, -0.1) is 0 Å². The van der Waals surface area contributed by atoms with Gasteiger partial charge in [-0.1, -0.05) is 0 Å². The van der Waals surface area contributed by atoms with Crippen LogP contribution in [0.2, 0.25) is 0 Å². The lowest BCUT2D eigenvalue weighted by Crippen LogP contribution is -2.14. The van der Waals surface area contributed by atoms with Gasteiger partial charge in [-0.2, -0.15) is 10.2 Å². The average Bonchev–Trinajstić information content (AvgIpc) is 3.23. The Morgan fingerprint density at radius 3 is 2.31 bits per heavy atom. The van der Waals surface area contributed by atoms with Crippen molar-refractivity contribution in [3.8, 4) is 17.4 Å². The number of aryl methyl sites for hydroxylation is 3. The van der Waals surface area contributed by atoms with Crippen LogP contribution in [0, 0.1) is 34.6 Å². The quantitative estimate of drug-likeness (QED) is 0.457. The third kappa shape index (κ3) is 4.06. The lowest BCUT2D eigenvalue weighted by atomic mass is 10.2. The first kappa shape index (κ1) is 21.5. The van der Waals surface area contributed by atoms with E-state index in [2.05, 4.69) is 30.0 Å². The molecule has 1 aromatic carbocycles. The molecule has 0 spiro atoms. The number of sulfonamides is 1. The van der Waals surface area contributed by atoms with Gasteiger partial charge < -0.3 is 4.74 Å². The van der Waals surface area contributed by atoms with Crippen molar-refractivity contribution >= 4 is 15.7 Å². The molecule has 0 unspecified atom stereocenters. The molecule has 2 N–H and O–H groups in total. The summed E-state index contributed by atoms with van der Waals surface area (Å²) in [6.45, 7) is 9.23. The van der Waals surface area contributed by atoms with Gasteiger partial charge in [-0.25, -0.2) is 23.1 Å². The van der Waals surface area contributed by atoms with E-state index in [0.717, 1.165) is 17.0 Å². The van der Waals surface area contributed by atoms with Crippen molar-refractivity contribution in [2.24, 2.45) is 0 Å². The molecule has 0 radical (unpaired) electrons. The Kier molecular flexibility index (Phi) is 5.43. The largest absolute Gasteiger partial charge is 0.439 e. The van der Waals surface area contributed by atoms with Gasteiger partial charge in [0.1, 0.15) is 17.0 Å². The van der Waals surface area contributed by atoms with E-state index in [1.807, 2.05) is 20.8 Å². The number of hydrogen-bond acceptors (Lipinski definition) is 7. The van der Waals surface area contributed by atoms with E-state index in [0.29, 0.717) is 34.5 Å². The van der Waals surface area contributed by atoms with Crippen molar-refractivity contribution in [3.05, 3.63) is 65.0 Å². The van der Waals surface area contributed by atoms with Crippen LogP contribution in [0.5, 0.6) is 11.6 Å². The second-order valence-corrected chi connectivity index (χ2v) is 9.04. The summed E-state index contributed by atoms with van der Waals surface area (Å²) in [6, 6.07) is 8.23. The summed E-state index contributed by atoms with van der Waals surface area (Å²) in [5, 5.41) is 11.1. The fourth-order valence-corrected chi connectivity index (χ4v) is 4.73. The zero-order valence-corrected chi connectivity index (χ0v) is 19.1.